The van der Waals surface area contributed by atoms with E-state index < -0.39 is 21.5 Å². The maximum Gasteiger partial charge on any atom is 0.258 e. The number of carbonyl (C=O) groups excluding carboxylic acids is 2. The molecule has 0 saturated carbocycles. The molecule has 0 aliphatic carbocycles. The van der Waals surface area contributed by atoms with Crippen LogP contribution in [-0.4, -0.2) is 32.0 Å². The second-order valence-corrected chi connectivity index (χ2v) is 10.6. The summed E-state index contributed by atoms with van der Waals surface area (Å²) in [6.07, 6.45) is 0.784. The lowest BCUT2D eigenvalue weighted by Gasteiger charge is -2.23. The molecular formula is C26H26N2O4S. The number of amides is 2. The molecule has 2 amide bonds. The van der Waals surface area contributed by atoms with Gasteiger partial charge >= 0.3 is 0 Å². The normalized spacial score (nSPS) is 15.2. The van der Waals surface area contributed by atoms with Crippen LogP contribution in [0.5, 0.6) is 0 Å². The number of hydrogen-bond acceptors (Lipinski definition) is 4. The molecule has 0 saturated heterocycles. The molecule has 0 aromatic heterocycles. The van der Waals surface area contributed by atoms with Gasteiger partial charge in [0, 0.05) is 23.0 Å². The summed E-state index contributed by atoms with van der Waals surface area (Å²) in [5, 5.41) is 2.61. The second kappa shape index (κ2) is 9.19. The average Bonchev–Trinajstić information content (AvgIpc) is 3.10. The highest BCUT2D eigenvalue weighted by Crippen LogP contribution is 2.33. The van der Waals surface area contributed by atoms with Crippen LogP contribution in [0.25, 0.3) is 0 Å². The van der Waals surface area contributed by atoms with E-state index in [0.29, 0.717) is 16.8 Å². The number of rotatable bonds is 6. The summed E-state index contributed by atoms with van der Waals surface area (Å²) in [6.45, 7) is 3.93. The number of fused-ring (bicyclic) bond motifs is 1. The van der Waals surface area contributed by atoms with Crippen LogP contribution in [0.1, 0.15) is 34.0 Å². The highest BCUT2D eigenvalue weighted by Gasteiger charge is 2.31. The van der Waals surface area contributed by atoms with Crippen LogP contribution in [-0.2, 0) is 26.8 Å². The molecule has 1 aliphatic rings. The number of benzene rings is 3. The number of hydrogen-bond donors (Lipinski definition) is 1. The molecule has 1 unspecified atom stereocenters. The molecule has 1 aliphatic heterocycles. The molecule has 1 heterocycles. The molecule has 170 valence electrons. The Morgan fingerprint density at radius 3 is 2.48 bits per heavy atom. The van der Waals surface area contributed by atoms with Gasteiger partial charge in [0.15, 0.2) is 9.84 Å². The van der Waals surface area contributed by atoms with Crippen molar-refractivity contribution >= 4 is 33.0 Å². The van der Waals surface area contributed by atoms with Gasteiger partial charge in [0.2, 0.25) is 5.91 Å². The molecule has 0 spiro atoms. The number of para-hydroxylation sites is 1. The Labute approximate surface area is 194 Å². The number of aryl methyl sites for hydroxylation is 1. The Kier molecular flexibility index (Phi) is 6.33. The van der Waals surface area contributed by atoms with Gasteiger partial charge in [-0.25, -0.2) is 8.42 Å². The minimum atomic E-state index is -3.72. The predicted octanol–water partition coefficient (Wildman–Crippen LogP) is 4.14. The van der Waals surface area contributed by atoms with Crippen LogP contribution < -0.4 is 10.2 Å². The second-order valence-electron chi connectivity index (χ2n) is 8.50. The number of carbonyl (C=O) groups is 2. The summed E-state index contributed by atoms with van der Waals surface area (Å²) in [5.41, 5.74) is 4.51. The molecule has 4 rings (SSSR count). The van der Waals surface area contributed by atoms with E-state index in [2.05, 4.69) is 5.32 Å². The Balaban J connectivity index is 1.46. The zero-order chi connectivity index (χ0) is 23.6. The van der Waals surface area contributed by atoms with Gasteiger partial charge in [0.1, 0.15) is 5.75 Å². The van der Waals surface area contributed by atoms with Crippen molar-refractivity contribution in [2.75, 3.05) is 16.0 Å². The van der Waals surface area contributed by atoms with Crippen LogP contribution in [0.3, 0.4) is 0 Å². The van der Waals surface area contributed by atoms with Gasteiger partial charge in [-0.2, -0.15) is 0 Å². The van der Waals surface area contributed by atoms with Gasteiger partial charge in [-0.1, -0.05) is 48.0 Å². The van der Waals surface area contributed by atoms with Gasteiger partial charge in [-0.15, -0.1) is 0 Å². The van der Waals surface area contributed by atoms with Crippen molar-refractivity contribution in [2.45, 2.75) is 32.1 Å². The first-order valence-electron chi connectivity index (χ1n) is 10.8. The molecular weight excluding hydrogens is 436 g/mol. The van der Waals surface area contributed by atoms with Crippen LogP contribution in [0.4, 0.5) is 11.4 Å². The number of sulfone groups is 1. The van der Waals surface area contributed by atoms with Crippen LogP contribution in [0.15, 0.2) is 72.8 Å². The topological polar surface area (TPSA) is 83.5 Å². The summed E-state index contributed by atoms with van der Waals surface area (Å²) >= 11 is 0. The van der Waals surface area contributed by atoms with E-state index in [4.69, 9.17) is 0 Å². The van der Waals surface area contributed by atoms with Crippen molar-refractivity contribution in [3.8, 4) is 0 Å². The van der Waals surface area contributed by atoms with Gasteiger partial charge in [0.25, 0.3) is 5.91 Å². The van der Waals surface area contributed by atoms with Gasteiger partial charge < -0.3 is 10.2 Å². The van der Waals surface area contributed by atoms with Crippen molar-refractivity contribution in [1.29, 1.82) is 0 Å². The molecule has 33 heavy (non-hydrogen) atoms. The van der Waals surface area contributed by atoms with Gasteiger partial charge in [-0.3, -0.25) is 9.59 Å². The van der Waals surface area contributed by atoms with Crippen LogP contribution in [0.2, 0.25) is 0 Å². The van der Waals surface area contributed by atoms with Gasteiger partial charge in [-0.05, 0) is 61.7 Å². The molecule has 6 nitrogen and oxygen atoms in total. The fourth-order valence-corrected chi connectivity index (χ4v) is 5.41. The predicted molar refractivity (Wildman–Crippen MR) is 130 cm³/mol. The summed E-state index contributed by atoms with van der Waals surface area (Å²) in [6, 6.07) is 21.6. The van der Waals surface area contributed by atoms with Gasteiger partial charge in [0.05, 0.1) is 5.75 Å². The van der Waals surface area contributed by atoms with Crippen molar-refractivity contribution in [2.24, 2.45) is 0 Å². The first kappa shape index (κ1) is 22.7. The van der Waals surface area contributed by atoms with E-state index in [1.54, 1.807) is 41.3 Å². The molecule has 1 atom stereocenters. The lowest BCUT2D eigenvalue weighted by Crippen LogP contribution is -2.35. The standard InChI is InChI=1S/C26H26N2O4S/c1-18-10-12-23(13-11-18)27-25(29)17-33(31,32)16-20-6-5-8-22(15-20)26(30)28-19(2)14-21-7-3-4-9-24(21)28/h3-13,15,19H,14,16-17H2,1-2H3,(H,27,29). The Morgan fingerprint density at radius 1 is 1.00 bits per heavy atom. The van der Waals surface area contributed by atoms with Crippen LogP contribution in [0, 0.1) is 6.92 Å². The van der Waals surface area contributed by atoms with Crippen molar-refractivity contribution in [3.05, 3.63) is 95.1 Å². The smallest absolute Gasteiger partial charge is 0.258 e. The molecule has 1 N–H and O–H groups in total. The first-order valence-corrected chi connectivity index (χ1v) is 12.6. The van der Waals surface area contributed by atoms with E-state index >= 15 is 0 Å². The maximum atomic E-state index is 13.3. The zero-order valence-corrected chi connectivity index (χ0v) is 19.4. The summed E-state index contributed by atoms with van der Waals surface area (Å²) in [5.74, 6) is -1.70. The van der Waals surface area contributed by atoms with Crippen molar-refractivity contribution < 1.29 is 18.0 Å². The first-order chi connectivity index (χ1) is 15.7. The molecule has 0 bridgehead atoms. The Morgan fingerprint density at radius 2 is 1.73 bits per heavy atom. The highest BCUT2D eigenvalue weighted by molar-refractivity contribution is 7.91. The monoisotopic (exact) mass is 462 g/mol. The zero-order valence-electron chi connectivity index (χ0n) is 18.6. The van der Waals surface area contributed by atoms with E-state index in [-0.39, 0.29) is 17.7 Å². The maximum absolute atomic E-state index is 13.3. The minimum absolute atomic E-state index is 0.0211. The number of nitrogens with zero attached hydrogens (tertiary/aromatic N) is 1. The van der Waals surface area contributed by atoms with E-state index in [1.165, 1.54) is 0 Å². The molecule has 3 aromatic rings. The highest BCUT2D eigenvalue weighted by atomic mass is 32.2. The Bertz CT molecular complexity index is 1300. The molecule has 7 heteroatoms. The Hall–Kier alpha value is -3.45. The van der Waals surface area contributed by atoms with E-state index in [9.17, 15) is 18.0 Å². The van der Waals surface area contributed by atoms with Crippen molar-refractivity contribution in [3.63, 3.8) is 0 Å². The lowest BCUT2D eigenvalue weighted by molar-refractivity contribution is -0.113. The van der Waals surface area contributed by atoms with E-state index in [0.717, 1.165) is 23.2 Å². The third kappa shape index (κ3) is 5.31. The summed E-state index contributed by atoms with van der Waals surface area (Å²) in [4.78, 5) is 27.3. The summed E-state index contributed by atoms with van der Waals surface area (Å²) < 4.78 is 25.3. The summed E-state index contributed by atoms with van der Waals surface area (Å²) in [7, 11) is -3.72. The van der Waals surface area contributed by atoms with Crippen molar-refractivity contribution in [1.82, 2.24) is 0 Å². The molecule has 0 radical (unpaired) electrons. The minimum Gasteiger partial charge on any atom is -0.325 e. The largest absolute Gasteiger partial charge is 0.325 e. The quantitative estimate of drug-likeness (QED) is 0.597. The number of nitrogens with one attached hydrogen (secondary N) is 1. The lowest BCUT2D eigenvalue weighted by atomic mass is 10.1. The third-order valence-electron chi connectivity index (χ3n) is 5.67. The SMILES string of the molecule is Cc1ccc(NC(=O)CS(=O)(=O)Cc2cccc(C(=O)N3c4ccccc4CC3C)c2)cc1. The number of anilines is 2. The molecule has 0 fully saturated rings. The van der Waals surface area contributed by atoms with Crippen LogP contribution >= 0.6 is 0 Å². The molecule has 3 aromatic carbocycles. The van der Waals surface area contributed by atoms with E-state index in [1.807, 2.05) is 50.2 Å². The fourth-order valence-electron chi connectivity index (χ4n) is 4.15. The third-order valence-corrected chi connectivity index (χ3v) is 7.15. The average molecular weight is 463 g/mol. The fraction of sp³-hybridized carbons (Fsp3) is 0.231.